The van der Waals surface area contributed by atoms with Gasteiger partial charge in [0, 0.05) is 11.3 Å². The molecular formula is C16H17F3N2O3. The van der Waals surface area contributed by atoms with Crippen LogP contribution in [0.25, 0.3) is 0 Å². The third kappa shape index (κ3) is 2.45. The van der Waals surface area contributed by atoms with Crippen molar-refractivity contribution in [3.8, 4) is 5.75 Å². The molecule has 0 aromatic heterocycles. The highest BCUT2D eigenvalue weighted by Gasteiger charge is 2.68. The number of halogens is 3. The Balaban J connectivity index is 1.99. The first-order valence-electron chi connectivity index (χ1n) is 7.64. The van der Waals surface area contributed by atoms with Crippen LogP contribution in [0.3, 0.4) is 0 Å². The van der Waals surface area contributed by atoms with Crippen molar-refractivity contribution in [3.05, 3.63) is 29.8 Å². The molecule has 0 saturated heterocycles. The predicted molar refractivity (Wildman–Crippen MR) is 79.6 cm³/mol. The van der Waals surface area contributed by atoms with Gasteiger partial charge in [0.25, 0.3) is 11.6 Å². The number of hydrogen-bond donors (Lipinski definition) is 1. The van der Waals surface area contributed by atoms with E-state index in [4.69, 9.17) is 4.74 Å². The van der Waals surface area contributed by atoms with Crippen LogP contribution in [-0.4, -0.2) is 40.7 Å². The molecule has 0 spiro atoms. The number of alkyl halides is 3. The fraction of sp³-hybridized carbons (Fsp3) is 0.500. The lowest BCUT2D eigenvalue weighted by atomic mass is 9.80. The maximum absolute atomic E-state index is 13.6. The van der Waals surface area contributed by atoms with E-state index < -0.39 is 23.7 Å². The van der Waals surface area contributed by atoms with Crippen LogP contribution in [0.2, 0.25) is 0 Å². The number of hydrazone groups is 1. The van der Waals surface area contributed by atoms with Crippen molar-refractivity contribution in [2.24, 2.45) is 11.0 Å². The summed E-state index contributed by atoms with van der Waals surface area (Å²) in [6.45, 7) is 0. The molecule has 0 radical (unpaired) electrons. The summed E-state index contributed by atoms with van der Waals surface area (Å²) < 4.78 is 45.8. The van der Waals surface area contributed by atoms with Crippen LogP contribution >= 0.6 is 0 Å². The number of nitrogens with zero attached hydrogens (tertiary/aromatic N) is 2. The Morgan fingerprint density at radius 3 is 2.58 bits per heavy atom. The van der Waals surface area contributed by atoms with Crippen molar-refractivity contribution in [2.75, 3.05) is 7.11 Å². The molecule has 1 aromatic carbocycles. The minimum Gasteiger partial charge on any atom is -0.497 e. The molecule has 2 aliphatic rings. The zero-order valence-corrected chi connectivity index (χ0v) is 13.0. The normalized spacial score (nSPS) is 26.8. The topological polar surface area (TPSA) is 62.1 Å². The van der Waals surface area contributed by atoms with Gasteiger partial charge in [0.05, 0.1) is 13.0 Å². The summed E-state index contributed by atoms with van der Waals surface area (Å²) in [5.74, 6) is -1.72. The smallest absolute Gasteiger partial charge is 0.439 e. The van der Waals surface area contributed by atoms with Crippen LogP contribution < -0.4 is 4.74 Å². The van der Waals surface area contributed by atoms with Gasteiger partial charge >= 0.3 is 6.18 Å². The molecule has 130 valence electrons. The Labute approximate surface area is 136 Å². The molecule has 24 heavy (non-hydrogen) atoms. The fourth-order valence-corrected chi connectivity index (χ4v) is 3.27. The summed E-state index contributed by atoms with van der Waals surface area (Å²) in [5, 5.41) is 14.5. The van der Waals surface area contributed by atoms with E-state index in [-0.39, 0.29) is 22.7 Å². The maximum Gasteiger partial charge on any atom is 0.439 e. The first-order valence-corrected chi connectivity index (χ1v) is 7.64. The fourth-order valence-electron chi connectivity index (χ4n) is 3.27. The van der Waals surface area contributed by atoms with Crippen molar-refractivity contribution in [1.82, 2.24) is 5.01 Å². The van der Waals surface area contributed by atoms with Gasteiger partial charge in [-0.15, -0.1) is 0 Å². The summed E-state index contributed by atoms with van der Waals surface area (Å²) >= 11 is 0. The molecule has 1 N–H and O–H groups in total. The Kier molecular flexibility index (Phi) is 4.03. The molecule has 1 aliphatic heterocycles. The highest BCUT2D eigenvalue weighted by molar-refractivity contribution is 5.99. The van der Waals surface area contributed by atoms with Gasteiger partial charge in [0.1, 0.15) is 5.75 Å². The molecule has 2 atom stereocenters. The third-order valence-electron chi connectivity index (χ3n) is 4.56. The lowest BCUT2D eigenvalue weighted by molar-refractivity contribution is -0.312. The molecule has 8 heteroatoms. The van der Waals surface area contributed by atoms with Gasteiger partial charge < -0.3 is 9.84 Å². The van der Waals surface area contributed by atoms with Gasteiger partial charge in [0.2, 0.25) is 0 Å². The Morgan fingerprint density at radius 2 is 2.00 bits per heavy atom. The van der Waals surface area contributed by atoms with E-state index in [0.29, 0.717) is 25.0 Å². The van der Waals surface area contributed by atoms with Crippen LogP contribution in [-0.2, 0) is 0 Å². The summed E-state index contributed by atoms with van der Waals surface area (Å²) in [7, 11) is 1.44. The second-order valence-corrected chi connectivity index (χ2v) is 5.96. The minimum atomic E-state index is -5.00. The number of carbonyl (C=O) groups excluding carboxylic acids is 1. The summed E-state index contributed by atoms with van der Waals surface area (Å²) in [6.07, 6.45) is -3.22. The number of rotatable bonds is 2. The predicted octanol–water partition coefficient (Wildman–Crippen LogP) is 2.95. The number of amides is 1. The van der Waals surface area contributed by atoms with Crippen LogP contribution in [0, 0.1) is 5.92 Å². The van der Waals surface area contributed by atoms with Gasteiger partial charge in [-0.3, -0.25) is 4.79 Å². The average molecular weight is 342 g/mol. The molecule has 3 rings (SSSR count). The summed E-state index contributed by atoms with van der Waals surface area (Å²) in [4.78, 5) is 12.6. The molecule has 1 amide bonds. The highest BCUT2D eigenvalue weighted by Crippen LogP contribution is 2.48. The van der Waals surface area contributed by atoms with E-state index in [0.717, 1.165) is 0 Å². The molecule has 0 bridgehead atoms. The zero-order valence-electron chi connectivity index (χ0n) is 13.0. The van der Waals surface area contributed by atoms with E-state index >= 15 is 0 Å². The molecule has 1 aromatic rings. The average Bonchev–Trinajstić information content (AvgIpc) is 2.89. The summed E-state index contributed by atoms with van der Waals surface area (Å²) in [6, 6.07) is 5.63. The number of ether oxygens (including phenoxy) is 1. The molecule has 5 nitrogen and oxygen atoms in total. The van der Waals surface area contributed by atoms with Crippen LogP contribution in [0.5, 0.6) is 5.75 Å². The second kappa shape index (κ2) is 5.77. The quantitative estimate of drug-likeness (QED) is 0.899. The van der Waals surface area contributed by atoms with E-state index in [2.05, 4.69) is 5.10 Å². The lowest BCUT2D eigenvalue weighted by Crippen LogP contribution is -2.61. The number of aliphatic hydroxyl groups is 1. The van der Waals surface area contributed by atoms with Crippen LogP contribution in [0.15, 0.2) is 29.4 Å². The van der Waals surface area contributed by atoms with Crippen molar-refractivity contribution >= 4 is 11.6 Å². The first-order chi connectivity index (χ1) is 11.3. The third-order valence-corrected chi connectivity index (χ3v) is 4.56. The van der Waals surface area contributed by atoms with E-state index in [1.54, 1.807) is 0 Å². The van der Waals surface area contributed by atoms with Crippen molar-refractivity contribution in [2.45, 2.75) is 37.6 Å². The minimum absolute atomic E-state index is 0.00136. The number of fused-ring (bicyclic) bond motifs is 1. The monoisotopic (exact) mass is 342 g/mol. The largest absolute Gasteiger partial charge is 0.497 e. The summed E-state index contributed by atoms with van der Waals surface area (Å²) in [5.41, 5.74) is -3.05. The van der Waals surface area contributed by atoms with Crippen LogP contribution in [0.4, 0.5) is 13.2 Å². The Hall–Kier alpha value is -2.09. The van der Waals surface area contributed by atoms with Gasteiger partial charge in [-0.2, -0.15) is 23.3 Å². The van der Waals surface area contributed by atoms with Crippen LogP contribution in [0.1, 0.15) is 36.0 Å². The molecule has 1 heterocycles. The Morgan fingerprint density at radius 1 is 1.33 bits per heavy atom. The number of methoxy groups -OCH3 is 1. The second-order valence-electron chi connectivity index (χ2n) is 5.96. The zero-order chi connectivity index (χ0) is 17.5. The van der Waals surface area contributed by atoms with Crippen molar-refractivity contribution < 1.29 is 27.8 Å². The van der Waals surface area contributed by atoms with E-state index in [1.807, 2.05) is 0 Å². The van der Waals surface area contributed by atoms with E-state index in [9.17, 15) is 23.1 Å². The molecule has 1 aliphatic carbocycles. The Bertz CT molecular complexity index is 672. The maximum atomic E-state index is 13.6. The first kappa shape index (κ1) is 16.8. The SMILES string of the molecule is COc1ccc(C(=O)N2N=C3CCCC[C@@H]3[C@@]2(O)C(F)(F)F)cc1. The van der Waals surface area contributed by atoms with Gasteiger partial charge in [-0.1, -0.05) is 6.42 Å². The number of benzene rings is 1. The van der Waals surface area contributed by atoms with Gasteiger partial charge in [0.15, 0.2) is 0 Å². The molecule has 1 fully saturated rings. The highest BCUT2D eigenvalue weighted by atomic mass is 19.4. The van der Waals surface area contributed by atoms with Crippen molar-refractivity contribution in [1.29, 1.82) is 0 Å². The van der Waals surface area contributed by atoms with E-state index in [1.165, 1.54) is 31.4 Å². The molecular weight excluding hydrogens is 325 g/mol. The molecule has 1 saturated carbocycles. The molecule has 0 unspecified atom stereocenters. The van der Waals surface area contributed by atoms with Gasteiger partial charge in [-0.25, -0.2) is 0 Å². The van der Waals surface area contributed by atoms with Crippen molar-refractivity contribution in [3.63, 3.8) is 0 Å². The number of hydrogen-bond acceptors (Lipinski definition) is 4. The lowest BCUT2D eigenvalue weighted by Gasteiger charge is -2.38. The standard InChI is InChI=1S/C16H17F3N2O3/c1-24-11-8-6-10(7-9-11)14(22)21-15(23,16(17,18)19)12-4-2-3-5-13(12)20-21/h6-9,12,23H,2-5H2,1H3/t12-,15+/m0/s1. The number of carbonyl (C=O) groups is 1. The van der Waals surface area contributed by atoms with Gasteiger partial charge in [-0.05, 0) is 43.5 Å².